The summed E-state index contributed by atoms with van der Waals surface area (Å²) in [6.07, 6.45) is 3.52. The molecule has 2 atom stereocenters. The minimum Gasteiger partial charge on any atom is -0.281 e. The van der Waals surface area contributed by atoms with Crippen molar-refractivity contribution in [1.29, 1.82) is 0 Å². The van der Waals surface area contributed by atoms with Crippen LogP contribution in [-0.4, -0.2) is 20.4 Å². The van der Waals surface area contributed by atoms with E-state index in [-0.39, 0.29) is 10.5 Å². The molecule has 0 aliphatic rings. The Morgan fingerprint density at radius 1 is 0.630 bits per heavy atom. The van der Waals surface area contributed by atoms with E-state index in [4.69, 9.17) is 3.63 Å². The summed E-state index contributed by atoms with van der Waals surface area (Å²) in [4.78, 5) is 0. The van der Waals surface area contributed by atoms with Gasteiger partial charge >= 0.3 is 0 Å². The highest BCUT2D eigenvalue weighted by atomic mass is 32.2. The van der Waals surface area contributed by atoms with Crippen LogP contribution in [0.1, 0.15) is 33.0 Å². The largest absolute Gasteiger partial charge is 0.281 e. The van der Waals surface area contributed by atoms with Crippen LogP contribution < -0.4 is 0 Å². The maximum Gasteiger partial charge on any atom is 0.0988 e. The summed E-state index contributed by atoms with van der Waals surface area (Å²) in [5.41, 5.74) is 4.32. The molecule has 0 spiro atoms. The van der Waals surface area contributed by atoms with E-state index in [0.717, 1.165) is 22.5 Å². The van der Waals surface area contributed by atoms with Crippen molar-refractivity contribution >= 4 is 24.1 Å². The Bertz CT molecular complexity index is 838. The minimum atomic E-state index is 0.0133. The van der Waals surface area contributed by atoms with Crippen molar-refractivity contribution in [3.05, 3.63) is 108 Å². The fourth-order valence-electron chi connectivity index (χ4n) is 2.76. The second kappa shape index (κ2) is 8.94. The van der Waals surface area contributed by atoms with Crippen LogP contribution in [0.25, 0.3) is 0 Å². The molecule has 2 unspecified atom stereocenters. The summed E-state index contributed by atoms with van der Waals surface area (Å²) in [5.74, 6) is 0. The van der Waals surface area contributed by atoms with E-state index in [1.54, 1.807) is 12.4 Å². The molecule has 0 saturated carbocycles. The van der Waals surface area contributed by atoms with Crippen LogP contribution in [0, 0.1) is 0 Å². The average Bonchev–Trinajstić information content (AvgIpc) is 3.44. The zero-order valence-electron chi connectivity index (χ0n) is 14.4. The molecule has 2 aromatic carbocycles. The van der Waals surface area contributed by atoms with E-state index in [2.05, 4.69) is 44.7 Å². The molecule has 0 aliphatic heterocycles. The molecule has 0 saturated heterocycles. The van der Waals surface area contributed by atoms with Gasteiger partial charge in [0.1, 0.15) is 0 Å². The number of rotatable bonds is 8. The molecule has 0 bridgehead atoms. The van der Waals surface area contributed by atoms with E-state index < -0.39 is 0 Å². The number of H-pyrrole nitrogens is 2. The van der Waals surface area contributed by atoms with Gasteiger partial charge in [0.05, 0.1) is 21.9 Å². The Morgan fingerprint density at radius 3 is 1.44 bits per heavy atom. The van der Waals surface area contributed by atoms with Gasteiger partial charge in [0, 0.05) is 36.5 Å². The Hall–Kier alpha value is -2.48. The second-order valence-electron chi connectivity index (χ2n) is 5.87. The number of nitrogens with zero attached hydrogens (tertiary/aromatic N) is 2. The highest BCUT2D eigenvalue weighted by Crippen LogP contribution is 2.43. The van der Waals surface area contributed by atoms with Gasteiger partial charge in [0.2, 0.25) is 0 Å². The predicted octanol–water partition coefficient (Wildman–Crippen LogP) is 5.32. The number of nitrogens with one attached hydrogen (secondary N) is 2. The molecule has 5 nitrogen and oxygen atoms in total. The Morgan fingerprint density at radius 2 is 1.07 bits per heavy atom. The topological polar surface area (TPSA) is 66.6 Å². The first-order chi connectivity index (χ1) is 13.4. The van der Waals surface area contributed by atoms with Crippen LogP contribution in [0.4, 0.5) is 0 Å². The Kier molecular flexibility index (Phi) is 5.93. The van der Waals surface area contributed by atoms with Crippen LogP contribution in [0.15, 0.2) is 85.2 Å². The maximum absolute atomic E-state index is 6.05. The summed E-state index contributed by atoms with van der Waals surface area (Å²) in [6.45, 7) is 0. The maximum atomic E-state index is 6.05. The van der Waals surface area contributed by atoms with Crippen molar-refractivity contribution in [3.63, 3.8) is 0 Å². The SMILES string of the molecule is c1ccc(C(SOSC(c2ccccc2)c2ccn[nH]2)c2ccn[nH]2)cc1. The molecule has 0 amide bonds. The molecule has 2 heterocycles. The first-order valence-electron chi connectivity index (χ1n) is 8.49. The van der Waals surface area contributed by atoms with Crippen LogP contribution in [0.3, 0.4) is 0 Å². The first kappa shape index (κ1) is 17.9. The lowest BCUT2D eigenvalue weighted by Gasteiger charge is -2.17. The normalized spacial score (nSPS) is 13.3. The molecular formula is C20H18N4OS2. The van der Waals surface area contributed by atoms with Gasteiger partial charge in [0.25, 0.3) is 0 Å². The highest BCUT2D eigenvalue weighted by Gasteiger charge is 2.21. The number of hydrogen-bond donors (Lipinski definition) is 2. The zero-order valence-corrected chi connectivity index (χ0v) is 16.0. The van der Waals surface area contributed by atoms with Gasteiger partial charge in [-0.3, -0.25) is 10.2 Å². The van der Waals surface area contributed by atoms with Gasteiger partial charge in [-0.1, -0.05) is 60.7 Å². The molecule has 2 N–H and O–H groups in total. The lowest BCUT2D eigenvalue weighted by atomic mass is 10.1. The standard InChI is InChI=1S/C20H18N4OS2/c1-3-7-15(8-4-1)19(17-11-13-21-23-17)26-25-27-20(18-12-14-22-24-18)16-9-5-2-6-10-16/h1-14,19-20H,(H,21,23)(H,22,24). The van der Waals surface area contributed by atoms with Crippen molar-refractivity contribution < 1.29 is 3.63 Å². The molecular weight excluding hydrogens is 376 g/mol. The predicted molar refractivity (Wildman–Crippen MR) is 110 cm³/mol. The number of aromatic amines is 2. The fourth-order valence-corrected chi connectivity index (χ4v) is 4.57. The highest BCUT2D eigenvalue weighted by molar-refractivity contribution is 8.08. The van der Waals surface area contributed by atoms with E-state index in [1.165, 1.54) is 24.1 Å². The lowest BCUT2D eigenvalue weighted by Crippen LogP contribution is -2.00. The third-order valence-corrected chi connectivity index (χ3v) is 6.15. The first-order valence-corrected chi connectivity index (χ1v) is 10.1. The molecule has 4 rings (SSSR count). The van der Waals surface area contributed by atoms with E-state index >= 15 is 0 Å². The number of benzene rings is 2. The van der Waals surface area contributed by atoms with Crippen LogP contribution >= 0.6 is 24.1 Å². The molecule has 4 aromatic rings. The van der Waals surface area contributed by atoms with Crippen molar-refractivity contribution in [2.75, 3.05) is 0 Å². The second-order valence-corrected chi connectivity index (χ2v) is 7.74. The van der Waals surface area contributed by atoms with Gasteiger partial charge in [-0.15, -0.1) is 0 Å². The summed E-state index contributed by atoms with van der Waals surface area (Å²) in [7, 11) is 0. The molecule has 2 aromatic heterocycles. The van der Waals surface area contributed by atoms with Crippen LogP contribution in [0.5, 0.6) is 0 Å². The van der Waals surface area contributed by atoms with E-state index in [9.17, 15) is 0 Å². The third kappa shape index (κ3) is 4.44. The van der Waals surface area contributed by atoms with Crippen LogP contribution in [0.2, 0.25) is 0 Å². The smallest absolute Gasteiger partial charge is 0.0988 e. The van der Waals surface area contributed by atoms with Crippen molar-refractivity contribution in [2.24, 2.45) is 0 Å². The lowest BCUT2D eigenvalue weighted by molar-refractivity contribution is 0.734. The molecule has 0 fully saturated rings. The molecule has 27 heavy (non-hydrogen) atoms. The van der Waals surface area contributed by atoms with Gasteiger partial charge in [-0.2, -0.15) is 10.2 Å². The molecule has 0 aliphatic carbocycles. The molecule has 136 valence electrons. The summed E-state index contributed by atoms with van der Waals surface area (Å²) < 4.78 is 6.05. The molecule has 0 radical (unpaired) electrons. The van der Waals surface area contributed by atoms with Crippen molar-refractivity contribution in [2.45, 2.75) is 10.5 Å². The third-order valence-electron chi connectivity index (χ3n) is 4.09. The van der Waals surface area contributed by atoms with Gasteiger partial charge in [0.15, 0.2) is 0 Å². The van der Waals surface area contributed by atoms with Crippen molar-refractivity contribution in [1.82, 2.24) is 20.4 Å². The van der Waals surface area contributed by atoms with E-state index in [0.29, 0.717) is 0 Å². The molecule has 7 heteroatoms. The van der Waals surface area contributed by atoms with Crippen LogP contribution in [-0.2, 0) is 3.63 Å². The summed E-state index contributed by atoms with van der Waals surface area (Å²) in [6, 6.07) is 24.5. The average molecular weight is 395 g/mol. The van der Waals surface area contributed by atoms with Gasteiger partial charge in [-0.25, -0.2) is 3.63 Å². The van der Waals surface area contributed by atoms with E-state index in [1.807, 2.05) is 48.5 Å². The number of aromatic nitrogens is 4. The van der Waals surface area contributed by atoms with Gasteiger partial charge < -0.3 is 0 Å². The van der Waals surface area contributed by atoms with Gasteiger partial charge in [-0.05, 0) is 23.3 Å². The Labute approximate surface area is 166 Å². The quantitative estimate of drug-likeness (QED) is 0.396. The minimum absolute atomic E-state index is 0.0133. The summed E-state index contributed by atoms with van der Waals surface area (Å²) in [5, 5.41) is 14.3. The summed E-state index contributed by atoms with van der Waals surface area (Å²) >= 11 is 2.82. The monoisotopic (exact) mass is 394 g/mol. The fraction of sp³-hybridized carbons (Fsp3) is 0.100. The number of hydrogen-bond acceptors (Lipinski definition) is 5. The van der Waals surface area contributed by atoms with Crippen molar-refractivity contribution in [3.8, 4) is 0 Å². The Balaban J connectivity index is 1.50. The zero-order chi connectivity index (χ0) is 18.3.